The summed E-state index contributed by atoms with van der Waals surface area (Å²) < 4.78 is 26.6. The normalized spacial score (nSPS) is 25.9. The van der Waals surface area contributed by atoms with E-state index < -0.39 is 10.0 Å². The standard InChI is InChI=1S/C11H19N3O2S/c1-2-9-3-5-10(6-4-9)14-17(15,16)11-7-12-13-8-11/h7-10,14H,2-6H2,1H3,(H,12,13). The number of hydrogen-bond donors (Lipinski definition) is 2. The van der Waals surface area contributed by atoms with Gasteiger partial charge in [-0.2, -0.15) is 5.10 Å². The topological polar surface area (TPSA) is 74.8 Å². The Kier molecular flexibility index (Phi) is 3.83. The number of aromatic amines is 1. The predicted molar refractivity (Wildman–Crippen MR) is 64.9 cm³/mol. The molecule has 1 heterocycles. The minimum Gasteiger partial charge on any atom is -0.284 e. The van der Waals surface area contributed by atoms with Crippen LogP contribution in [0.2, 0.25) is 0 Å². The lowest BCUT2D eigenvalue weighted by Crippen LogP contribution is -2.37. The number of rotatable bonds is 4. The van der Waals surface area contributed by atoms with E-state index in [0.717, 1.165) is 31.6 Å². The molecule has 0 saturated heterocycles. The Balaban J connectivity index is 1.94. The minimum absolute atomic E-state index is 0.0812. The first-order chi connectivity index (χ1) is 8.12. The van der Waals surface area contributed by atoms with E-state index in [9.17, 15) is 8.42 Å². The van der Waals surface area contributed by atoms with Crippen molar-refractivity contribution in [1.82, 2.24) is 14.9 Å². The summed E-state index contributed by atoms with van der Waals surface area (Å²) in [5, 5.41) is 6.18. The third kappa shape index (κ3) is 3.07. The first-order valence-corrected chi connectivity index (χ1v) is 7.61. The molecule has 0 amide bonds. The van der Waals surface area contributed by atoms with Crippen LogP contribution in [0.15, 0.2) is 17.3 Å². The second-order valence-corrected chi connectivity index (χ2v) is 6.40. The third-order valence-electron chi connectivity index (χ3n) is 3.53. The van der Waals surface area contributed by atoms with E-state index in [0.29, 0.717) is 0 Å². The summed E-state index contributed by atoms with van der Waals surface area (Å²) in [5.41, 5.74) is 0. The van der Waals surface area contributed by atoms with Gasteiger partial charge in [-0.1, -0.05) is 13.3 Å². The van der Waals surface area contributed by atoms with Gasteiger partial charge >= 0.3 is 0 Å². The smallest absolute Gasteiger partial charge is 0.243 e. The summed E-state index contributed by atoms with van der Waals surface area (Å²) in [6.45, 7) is 2.20. The van der Waals surface area contributed by atoms with E-state index in [2.05, 4.69) is 21.8 Å². The number of H-pyrrole nitrogens is 1. The second kappa shape index (κ2) is 5.18. The SMILES string of the molecule is CCC1CCC(NS(=O)(=O)c2cn[nH]c2)CC1. The zero-order valence-electron chi connectivity index (χ0n) is 10.0. The molecular formula is C11H19N3O2S. The number of nitrogens with zero attached hydrogens (tertiary/aromatic N) is 1. The Morgan fingerprint density at radius 3 is 2.65 bits per heavy atom. The van der Waals surface area contributed by atoms with Crippen LogP contribution < -0.4 is 4.72 Å². The highest BCUT2D eigenvalue weighted by atomic mass is 32.2. The van der Waals surface area contributed by atoms with Crippen LogP contribution in [0.1, 0.15) is 39.0 Å². The van der Waals surface area contributed by atoms with E-state index >= 15 is 0 Å². The number of hydrogen-bond acceptors (Lipinski definition) is 3. The zero-order valence-corrected chi connectivity index (χ0v) is 10.8. The first-order valence-electron chi connectivity index (χ1n) is 6.13. The lowest BCUT2D eigenvalue weighted by Gasteiger charge is -2.27. The van der Waals surface area contributed by atoms with Crippen LogP contribution in [0.4, 0.5) is 0 Å². The van der Waals surface area contributed by atoms with Crippen molar-refractivity contribution in [2.45, 2.75) is 50.0 Å². The highest BCUT2D eigenvalue weighted by Crippen LogP contribution is 2.27. The molecule has 0 spiro atoms. The number of aromatic nitrogens is 2. The molecule has 1 aromatic rings. The van der Waals surface area contributed by atoms with Crippen molar-refractivity contribution in [2.75, 3.05) is 0 Å². The Morgan fingerprint density at radius 2 is 2.12 bits per heavy atom. The fourth-order valence-corrected chi connectivity index (χ4v) is 3.57. The van der Waals surface area contributed by atoms with Crippen LogP contribution in [0.25, 0.3) is 0 Å². The average molecular weight is 257 g/mol. The van der Waals surface area contributed by atoms with Gasteiger partial charge in [0.05, 0.1) is 6.20 Å². The van der Waals surface area contributed by atoms with E-state index in [4.69, 9.17) is 0 Å². The molecule has 5 nitrogen and oxygen atoms in total. The fraction of sp³-hybridized carbons (Fsp3) is 0.727. The van der Waals surface area contributed by atoms with E-state index in [-0.39, 0.29) is 10.9 Å². The maximum atomic E-state index is 11.9. The Hall–Kier alpha value is -0.880. The number of nitrogens with one attached hydrogen (secondary N) is 2. The molecule has 96 valence electrons. The van der Waals surface area contributed by atoms with Crippen molar-refractivity contribution in [2.24, 2.45) is 5.92 Å². The van der Waals surface area contributed by atoms with Gasteiger partial charge in [0.1, 0.15) is 4.90 Å². The van der Waals surface area contributed by atoms with Gasteiger partial charge in [0.15, 0.2) is 0 Å². The van der Waals surface area contributed by atoms with Crippen molar-refractivity contribution in [3.05, 3.63) is 12.4 Å². The van der Waals surface area contributed by atoms with Crippen molar-refractivity contribution < 1.29 is 8.42 Å². The molecule has 0 radical (unpaired) electrons. The third-order valence-corrected chi connectivity index (χ3v) is 5.02. The molecule has 1 aromatic heterocycles. The molecule has 0 unspecified atom stereocenters. The highest BCUT2D eigenvalue weighted by Gasteiger charge is 2.25. The largest absolute Gasteiger partial charge is 0.284 e. The first kappa shape index (κ1) is 12.6. The van der Waals surface area contributed by atoms with Gasteiger partial charge < -0.3 is 0 Å². The van der Waals surface area contributed by atoms with Crippen LogP contribution in [0.3, 0.4) is 0 Å². The van der Waals surface area contributed by atoms with Gasteiger partial charge in [0.2, 0.25) is 10.0 Å². The molecule has 0 aromatic carbocycles. The summed E-state index contributed by atoms with van der Waals surface area (Å²) in [4.78, 5) is 0.218. The predicted octanol–water partition coefficient (Wildman–Crippen LogP) is 1.66. The average Bonchev–Trinajstić information content (AvgIpc) is 2.84. The zero-order chi connectivity index (χ0) is 12.3. The highest BCUT2D eigenvalue weighted by molar-refractivity contribution is 7.89. The lowest BCUT2D eigenvalue weighted by molar-refractivity contribution is 0.306. The maximum absolute atomic E-state index is 11.9. The van der Waals surface area contributed by atoms with Gasteiger partial charge in [-0.25, -0.2) is 13.1 Å². The van der Waals surface area contributed by atoms with Crippen LogP contribution >= 0.6 is 0 Å². The molecule has 0 bridgehead atoms. The van der Waals surface area contributed by atoms with Crippen molar-refractivity contribution >= 4 is 10.0 Å². The molecule has 1 aliphatic carbocycles. The fourth-order valence-electron chi connectivity index (χ4n) is 2.36. The van der Waals surface area contributed by atoms with Crippen molar-refractivity contribution in [3.8, 4) is 0 Å². The van der Waals surface area contributed by atoms with E-state index in [1.54, 1.807) is 0 Å². The molecular weight excluding hydrogens is 238 g/mol. The summed E-state index contributed by atoms with van der Waals surface area (Å²) in [6.07, 6.45) is 8.05. The molecule has 0 atom stereocenters. The molecule has 6 heteroatoms. The van der Waals surface area contributed by atoms with Gasteiger partial charge in [-0.3, -0.25) is 5.10 Å². The van der Waals surface area contributed by atoms with Crippen LogP contribution in [0, 0.1) is 5.92 Å². The Bertz CT molecular complexity index is 433. The quantitative estimate of drug-likeness (QED) is 0.861. The summed E-state index contributed by atoms with van der Waals surface area (Å²) in [5.74, 6) is 0.768. The monoisotopic (exact) mass is 257 g/mol. The summed E-state index contributed by atoms with van der Waals surface area (Å²) in [7, 11) is -3.38. The van der Waals surface area contributed by atoms with Crippen molar-refractivity contribution in [3.63, 3.8) is 0 Å². The molecule has 1 aliphatic rings. The number of sulfonamides is 1. The van der Waals surface area contributed by atoms with Gasteiger partial charge in [0.25, 0.3) is 0 Å². The molecule has 2 N–H and O–H groups in total. The summed E-state index contributed by atoms with van der Waals surface area (Å²) >= 11 is 0. The Labute approximate surface area is 102 Å². The van der Waals surface area contributed by atoms with Gasteiger partial charge in [-0.05, 0) is 31.6 Å². The maximum Gasteiger partial charge on any atom is 0.243 e. The van der Waals surface area contributed by atoms with Crippen LogP contribution in [-0.2, 0) is 10.0 Å². The minimum atomic E-state index is -3.38. The summed E-state index contributed by atoms with van der Waals surface area (Å²) in [6, 6.07) is 0.0812. The molecule has 0 aliphatic heterocycles. The van der Waals surface area contributed by atoms with Gasteiger partial charge in [-0.15, -0.1) is 0 Å². The van der Waals surface area contributed by atoms with Crippen molar-refractivity contribution in [1.29, 1.82) is 0 Å². The molecule has 2 rings (SSSR count). The molecule has 1 fully saturated rings. The lowest BCUT2D eigenvalue weighted by atomic mass is 9.85. The van der Waals surface area contributed by atoms with Gasteiger partial charge in [0, 0.05) is 12.2 Å². The van der Waals surface area contributed by atoms with Crippen LogP contribution in [0.5, 0.6) is 0 Å². The van der Waals surface area contributed by atoms with E-state index in [1.165, 1.54) is 18.8 Å². The molecule has 1 saturated carbocycles. The molecule has 17 heavy (non-hydrogen) atoms. The van der Waals surface area contributed by atoms with E-state index in [1.807, 2.05) is 0 Å². The van der Waals surface area contributed by atoms with Crippen LogP contribution in [-0.4, -0.2) is 24.7 Å². The Morgan fingerprint density at radius 1 is 1.41 bits per heavy atom. The second-order valence-electron chi connectivity index (χ2n) is 4.68.